The fourth-order valence-electron chi connectivity index (χ4n) is 3.62. The number of fused-ring (bicyclic) bond motifs is 1. The van der Waals surface area contributed by atoms with Gasteiger partial charge in [-0.25, -0.2) is 9.18 Å². The number of aromatic amines is 1. The number of H-pyrrole nitrogens is 1. The third-order valence-corrected chi connectivity index (χ3v) is 5.23. The lowest BCUT2D eigenvalue weighted by Gasteiger charge is -2.23. The smallest absolute Gasteiger partial charge is 0.317 e. The largest absolute Gasteiger partial charge is 0.358 e. The van der Waals surface area contributed by atoms with Gasteiger partial charge in [0.25, 0.3) is 0 Å². The first-order chi connectivity index (χ1) is 13.1. The number of benzene rings is 2. The fourth-order valence-corrected chi connectivity index (χ4v) is 3.62. The van der Waals surface area contributed by atoms with E-state index in [0.717, 1.165) is 30.5 Å². The number of aromatic nitrogens is 1. The summed E-state index contributed by atoms with van der Waals surface area (Å²) in [6, 6.07) is 15.0. The molecule has 0 unspecified atom stereocenters. The Hall–Kier alpha value is -2.82. The zero-order chi connectivity index (χ0) is 18.8. The molecule has 0 radical (unpaired) electrons. The van der Waals surface area contributed by atoms with Crippen molar-refractivity contribution in [3.8, 4) is 0 Å². The van der Waals surface area contributed by atoms with Gasteiger partial charge in [0, 0.05) is 34.7 Å². The van der Waals surface area contributed by atoms with Crippen molar-refractivity contribution < 1.29 is 9.18 Å². The van der Waals surface area contributed by atoms with Crippen LogP contribution in [-0.2, 0) is 13.0 Å². The highest BCUT2D eigenvalue weighted by Gasteiger charge is 2.32. The number of urea groups is 1. The summed E-state index contributed by atoms with van der Waals surface area (Å²) in [7, 11) is 0. The van der Waals surface area contributed by atoms with Crippen molar-refractivity contribution in [2.24, 2.45) is 0 Å². The molecular formula is C22H24FN3O. The minimum absolute atomic E-state index is 0.113. The molecule has 1 aliphatic rings. The van der Waals surface area contributed by atoms with Gasteiger partial charge in [-0.3, -0.25) is 0 Å². The van der Waals surface area contributed by atoms with E-state index in [-0.39, 0.29) is 17.9 Å². The van der Waals surface area contributed by atoms with Crippen LogP contribution in [0, 0.1) is 12.7 Å². The Morgan fingerprint density at radius 3 is 2.70 bits per heavy atom. The average molecular weight is 365 g/mol. The zero-order valence-corrected chi connectivity index (χ0v) is 15.5. The fraction of sp³-hybridized carbons (Fsp3) is 0.318. The number of para-hydroxylation sites is 1. The van der Waals surface area contributed by atoms with Crippen LogP contribution in [0.15, 0.2) is 48.5 Å². The minimum atomic E-state index is -0.259. The van der Waals surface area contributed by atoms with Crippen molar-refractivity contribution in [1.29, 1.82) is 0 Å². The Morgan fingerprint density at radius 2 is 1.93 bits per heavy atom. The summed E-state index contributed by atoms with van der Waals surface area (Å²) in [4.78, 5) is 17.9. The summed E-state index contributed by atoms with van der Waals surface area (Å²) >= 11 is 0. The van der Waals surface area contributed by atoms with Gasteiger partial charge in [0.1, 0.15) is 5.82 Å². The summed E-state index contributed by atoms with van der Waals surface area (Å²) in [5, 5.41) is 4.23. The minimum Gasteiger partial charge on any atom is -0.358 e. The molecule has 0 aliphatic heterocycles. The highest BCUT2D eigenvalue weighted by atomic mass is 19.1. The van der Waals surface area contributed by atoms with Crippen LogP contribution in [0.25, 0.3) is 10.9 Å². The van der Waals surface area contributed by atoms with Crippen molar-refractivity contribution in [2.45, 2.75) is 38.8 Å². The maximum absolute atomic E-state index is 14.0. The van der Waals surface area contributed by atoms with Crippen LogP contribution in [0.5, 0.6) is 0 Å². The number of hydrogen-bond donors (Lipinski definition) is 2. The molecule has 0 spiro atoms. The van der Waals surface area contributed by atoms with Crippen molar-refractivity contribution in [3.63, 3.8) is 0 Å². The maximum Gasteiger partial charge on any atom is 0.317 e. The van der Waals surface area contributed by atoms with Crippen LogP contribution in [0.4, 0.5) is 9.18 Å². The van der Waals surface area contributed by atoms with Gasteiger partial charge in [0.15, 0.2) is 0 Å². The molecule has 2 aromatic carbocycles. The van der Waals surface area contributed by atoms with Crippen LogP contribution in [0.2, 0.25) is 0 Å². The highest BCUT2D eigenvalue weighted by molar-refractivity contribution is 5.84. The molecule has 3 aromatic rings. The Bertz CT molecular complexity index is 961. The number of nitrogens with one attached hydrogen (secondary N) is 2. The number of carbonyl (C=O) groups excluding carboxylic acids is 1. The standard InChI is InChI=1S/C22H24FN3O/c1-15-18(19-7-3-5-9-21(19)25-15)12-13-24-22(27)26(17-10-11-17)14-16-6-2-4-8-20(16)23/h2-9,17,25H,10-14H2,1H3,(H,24,27). The lowest BCUT2D eigenvalue weighted by molar-refractivity contribution is 0.191. The van der Waals surface area contributed by atoms with Gasteiger partial charge in [-0.2, -0.15) is 0 Å². The summed E-state index contributed by atoms with van der Waals surface area (Å²) in [5.41, 5.74) is 4.05. The normalized spacial score (nSPS) is 13.7. The molecule has 1 saturated carbocycles. The van der Waals surface area contributed by atoms with Crippen molar-refractivity contribution >= 4 is 16.9 Å². The molecule has 0 bridgehead atoms. The average Bonchev–Trinajstić information content (AvgIpc) is 3.45. The van der Waals surface area contributed by atoms with E-state index in [9.17, 15) is 9.18 Å². The lowest BCUT2D eigenvalue weighted by atomic mass is 10.1. The van der Waals surface area contributed by atoms with Gasteiger partial charge in [-0.05, 0) is 43.9 Å². The second-order valence-electron chi connectivity index (χ2n) is 7.21. The second kappa shape index (κ2) is 7.43. The first-order valence-corrected chi connectivity index (χ1v) is 9.47. The molecule has 2 amide bonds. The molecule has 5 heteroatoms. The third-order valence-electron chi connectivity index (χ3n) is 5.23. The first kappa shape index (κ1) is 17.6. The molecule has 4 rings (SSSR count). The van der Waals surface area contributed by atoms with Crippen LogP contribution in [0.3, 0.4) is 0 Å². The van der Waals surface area contributed by atoms with E-state index in [0.29, 0.717) is 18.7 Å². The highest BCUT2D eigenvalue weighted by Crippen LogP contribution is 2.29. The Morgan fingerprint density at radius 1 is 1.19 bits per heavy atom. The van der Waals surface area contributed by atoms with E-state index < -0.39 is 0 Å². The summed E-state index contributed by atoms with van der Waals surface area (Å²) in [5.74, 6) is -0.259. The van der Waals surface area contributed by atoms with Crippen LogP contribution in [-0.4, -0.2) is 28.5 Å². The molecular weight excluding hydrogens is 341 g/mol. The first-order valence-electron chi connectivity index (χ1n) is 9.47. The maximum atomic E-state index is 14.0. The quantitative estimate of drug-likeness (QED) is 0.662. The van der Waals surface area contributed by atoms with Crippen LogP contribution >= 0.6 is 0 Å². The SMILES string of the molecule is Cc1[nH]c2ccccc2c1CCNC(=O)N(Cc1ccccc1F)C1CC1. The Labute approximate surface area is 158 Å². The summed E-state index contributed by atoms with van der Waals surface area (Å²) in [6.07, 6.45) is 2.74. The van der Waals surface area contributed by atoms with E-state index in [2.05, 4.69) is 29.4 Å². The van der Waals surface area contributed by atoms with E-state index in [1.54, 1.807) is 23.1 Å². The number of carbonyl (C=O) groups is 1. The topological polar surface area (TPSA) is 48.1 Å². The molecule has 2 N–H and O–H groups in total. The van der Waals surface area contributed by atoms with Crippen molar-refractivity contribution in [3.05, 3.63) is 71.2 Å². The zero-order valence-electron chi connectivity index (χ0n) is 15.5. The van der Waals surface area contributed by atoms with Gasteiger partial charge < -0.3 is 15.2 Å². The van der Waals surface area contributed by atoms with E-state index in [1.165, 1.54) is 17.0 Å². The molecule has 1 aliphatic carbocycles. The van der Waals surface area contributed by atoms with Crippen molar-refractivity contribution in [2.75, 3.05) is 6.54 Å². The predicted octanol–water partition coefficient (Wildman–Crippen LogP) is 4.53. The van der Waals surface area contributed by atoms with Gasteiger partial charge in [0.2, 0.25) is 0 Å². The van der Waals surface area contributed by atoms with Gasteiger partial charge in [-0.1, -0.05) is 36.4 Å². The number of amides is 2. The van der Waals surface area contributed by atoms with E-state index in [4.69, 9.17) is 0 Å². The molecule has 1 heterocycles. The summed E-state index contributed by atoms with van der Waals surface area (Å²) < 4.78 is 14.0. The molecule has 0 atom stereocenters. The van der Waals surface area contributed by atoms with Gasteiger partial charge in [-0.15, -0.1) is 0 Å². The van der Waals surface area contributed by atoms with Gasteiger partial charge >= 0.3 is 6.03 Å². The number of hydrogen-bond acceptors (Lipinski definition) is 1. The monoisotopic (exact) mass is 365 g/mol. The molecule has 1 fully saturated rings. The summed E-state index contributed by atoms with van der Waals surface area (Å²) in [6.45, 7) is 2.93. The third kappa shape index (κ3) is 3.82. The number of aryl methyl sites for hydroxylation is 1. The second-order valence-corrected chi connectivity index (χ2v) is 7.21. The van der Waals surface area contributed by atoms with Crippen LogP contribution in [0.1, 0.15) is 29.7 Å². The lowest BCUT2D eigenvalue weighted by Crippen LogP contribution is -2.41. The molecule has 1 aromatic heterocycles. The molecule has 4 nitrogen and oxygen atoms in total. The molecule has 27 heavy (non-hydrogen) atoms. The predicted molar refractivity (Wildman–Crippen MR) is 105 cm³/mol. The molecule has 140 valence electrons. The van der Waals surface area contributed by atoms with E-state index >= 15 is 0 Å². The Balaban J connectivity index is 1.40. The molecule has 0 saturated heterocycles. The van der Waals surface area contributed by atoms with Crippen LogP contribution < -0.4 is 5.32 Å². The number of rotatable bonds is 6. The number of halogens is 1. The van der Waals surface area contributed by atoms with Crippen molar-refractivity contribution in [1.82, 2.24) is 15.2 Å². The number of nitrogens with zero attached hydrogens (tertiary/aromatic N) is 1. The Kier molecular flexibility index (Phi) is 4.84. The van der Waals surface area contributed by atoms with E-state index in [1.807, 2.05) is 12.1 Å². The van der Waals surface area contributed by atoms with Gasteiger partial charge in [0.05, 0.1) is 6.54 Å².